The van der Waals surface area contributed by atoms with Gasteiger partial charge in [-0.1, -0.05) is 36.4 Å². The molecule has 3 aromatic rings. The van der Waals surface area contributed by atoms with Gasteiger partial charge in [0.1, 0.15) is 5.75 Å². The molecule has 0 aliphatic rings. The second-order valence-corrected chi connectivity index (χ2v) is 5.17. The first-order valence-electron chi connectivity index (χ1n) is 7.66. The molecule has 0 spiro atoms. The summed E-state index contributed by atoms with van der Waals surface area (Å²) in [5.74, 6) is 0.578. The number of carbonyl (C=O) groups is 1. The topological polar surface area (TPSA) is 69.0 Å². The molecule has 0 radical (unpaired) electrons. The van der Waals surface area contributed by atoms with Crippen molar-refractivity contribution in [2.45, 2.75) is 6.42 Å². The number of hydrogen-bond donors (Lipinski definition) is 1. The van der Waals surface area contributed by atoms with Crippen molar-refractivity contribution in [2.24, 2.45) is 0 Å². The summed E-state index contributed by atoms with van der Waals surface area (Å²) >= 11 is 0. The van der Waals surface area contributed by atoms with Gasteiger partial charge in [-0.05, 0) is 30.2 Å². The molecule has 6 nitrogen and oxygen atoms in total. The summed E-state index contributed by atoms with van der Waals surface area (Å²) in [7, 11) is 1.64. The van der Waals surface area contributed by atoms with Gasteiger partial charge in [0, 0.05) is 6.54 Å². The van der Waals surface area contributed by atoms with E-state index in [1.807, 2.05) is 54.6 Å². The van der Waals surface area contributed by atoms with Crippen LogP contribution in [0.5, 0.6) is 5.75 Å². The van der Waals surface area contributed by atoms with Crippen molar-refractivity contribution in [3.8, 4) is 11.4 Å². The molecule has 0 fully saturated rings. The van der Waals surface area contributed by atoms with E-state index in [2.05, 4.69) is 15.5 Å². The summed E-state index contributed by atoms with van der Waals surface area (Å²) in [6.45, 7) is 0.497. The van der Waals surface area contributed by atoms with Crippen LogP contribution in [0.2, 0.25) is 0 Å². The Labute approximate surface area is 140 Å². The molecule has 24 heavy (non-hydrogen) atoms. The number of benzene rings is 2. The largest absolute Gasteiger partial charge is 0.496 e. The van der Waals surface area contributed by atoms with Crippen LogP contribution in [0.25, 0.3) is 5.69 Å². The second kappa shape index (κ2) is 7.41. The summed E-state index contributed by atoms with van der Waals surface area (Å²) in [6, 6.07) is 17.2. The molecule has 1 N–H and O–H groups in total. The zero-order chi connectivity index (χ0) is 16.8. The van der Waals surface area contributed by atoms with Crippen LogP contribution in [0, 0.1) is 0 Å². The maximum atomic E-state index is 12.2. The number of methoxy groups -OCH3 is 1. The third kappa shape index (κ3) is 3.60. The molecule has 6 heteroatoms. The Morgan fingerprint density at radius 2 is 1.88 bits per heavy atom. The molecular weight excluding hydrogens is 304 g/mol. The van der Waals surface area contributed by atoms with Gasteiger partial charge in [-0.2, -0.15) is 9.90 Å². The molecule has 3 rings (SSSR count). The van der Waals surface area contributed by atoms with Crippen molar-refractivity contribution in [1.82, 2.24) is 20.3 Å². The molecule has 1 heterocycles. The monoisotopic (exact) mass is 322 g/mol. The summed E-state index contributed by atoms with van der Waals surface area (Å²) < 4.78 is 5.30. The molecule has 122 valence electrons. The van der Waals surface area contributed by atoms with Gasteiger partial charge in [-0.3, -0.25) is 4.79 Å². The van der Waals surface area contributed by atoms with Gasteiger partial charge in [0.25, 0.3) is 5.91 Å². The zero-order valence-electron chi connectivity index (χ0n) is 13.3. The van der Waals surface area contributed by atoms with Crippen LogP contribution in [-0.4, -0.2) is 34.6 Å². The SMILES string of the molecule is COc1ccccc1CCNC(=O)c1cnn(-c2ccccc2)n1. The molecule has 1 aromatic heterocycles. The van der Waals surface area contributed by atoms with E-state index in [1.165, 1.54) is 11.0 Å². The average molecular weight is 322 g/mol. The Bertz CT molecular complexity index is 815. The molecule has 0 saturated heterocycles. The summed E-state index contributed by atoms with van der Waals surface area (Å²) in [6.07, 6.45) is 2.15. The van der Waals surface area contributed by atoms with Crippen LogP contribution in [0.3, 0.4) is 0 Å². The number of amides is 1. The standard InChI is InChI=1S/C18H18N4O2/c1-24-17-10-6-5-7-14(17)11-12-19-18(23)16-13-20-22(21-16)15-8-3-2-4-9-15/h2-10,13H,11-12H2,1H3,(H,19,23). The van der Waals surface area contributed by atoms with Gasteiger partial charge in [0.15, 0.2) is 5.69 Å². The molecule has 0 aliphatic carbocycles. The lowest BCUT2D eigenvalue weighted by Crippen LogP contribution is -2.26. The quantitative estimate of drug-likeness (QED) is 0.756. The van der Waals surface area contributed by atoms with E-state index in [0.717, 1.165) is 17.0 Å². The summed E-state index contributed by atoms with van der Waals surface area (Å²) in [5.41, 5.74) is 2.15. The fraction of sp³-hybridized carbons (Fsp3) is 0.167. The van der Waals surface area contributed by atoms with Gasteiger partial charge >= 0.3 is 0 Å². The predicted octanol–water partition coefficient (Wildman–Crippen LogP) is 2.25. The van der Waals surface area contributed by atoms with Crippen LogP contribution in [0.15, 0.2) is 60.8 Å². The Kier molecular flexibility index (Phi) is 4.86. The van der Waals surface area contributed by atoms with Crippen molar-refractivity contribution in [3.63, 3.8) is 0 Å². The molecule has 0 unspecified atom stereocenters. The number of rotatable bonds is 6. The van der Waals surface area contributed by atoms with E-state index >= 15 is 0 Å². The first kappa shape index (κ1) is 15.7. The highest BCUT2D eigenvalue weighted by Crippen LogP contribution is 2.17. The fourth-order valence-corrected chi connectivity index (χ4v) is 2.36. The summed E-state index contributed by atoms with van der Waals surface area (Å²) in [5, 5.41) is 11.2. The highest BCUT2D eigenvalue weighted by Gasteiger charge is 2.11. The lowest BCUT2D eigenvalue weighted by Gasteiger charge is -2.08. The number of nitrogens with one attached hydrogen (secondary N) is 1. The number of carbonyl (C=O) groups excluding carboxylic acids is 1. The van der Waals surface area contributed by atoms with Crippen molar-refractivity contribution in [2.75, 3.05) is 13.7 Å². The molecule has 0 aliphatic heterocycles. The van der Waals surface area contributed by atoms with Crippen molar-refractivity contribution < 1.29 is 9.53 Å². The van der Waals surface area contributed by atoms with Gasteiger partial charge in [-0.25, -0.2) is 0 Å². The van der Waals surface area contributed by atoms with Crippen LogP contribution in [0.1, 0.15) is 16.1 Å². The first-order valence-corrected chi connectivity index (χ1v) is 7.66. The van der Waals surface area contributed by atoms with Crippen LogP contribution < -0.4 is 10.1 Å². The maximum Gasteiger partial charge on any atom is 0.273 e. The smallest absolute Gasteiger partial charge is 0.273 e. The van der Waals surface area contributed by atoms with Gasteiger partial charge in [0.2, 0.25) is 0 Å². The minimum absolute atomic E-state index is 0.243. The number of para-hydroxylation sites is 2. The van der Waals surface area contributed by atoms with Gasteiger partial charge < -0.3 is 10.1 Å². The minimum Gasteiger partial charge on any atom is -0.496 e. The summed E-state index contributed by atoms with van der Waals surface area (Å²) in [4.78, 5) is 13.6. The third-order valence-corrected chi connectivity index (χ3v) is 3.58. The number of nitrogens with zero attached hydrogens (tertiary/aromatic N) is 3. The Balaban J connectivity index is 1.59. The highest BCUT2D eigenvalue weighted by molar-refractivity contribution is 5.91. The molecule has 0 saturated carbocycles. The highest BCUT2D eigenvalue weighted by atomic mass is 16.5. The zero-order valence-corrected chi connectivity index (χ0v) is 13.3. The van der Waals surface area contributed by atoms with Crippen molar-refractivity contribution in [1.29, 1.82) is 0 Å². The van der Waals surface area contributed by atoms with E-state index < -0.39 is 0 Å². The number of aromatic nitrogens is 3. The van der Waals surface area contributed by atoms with Crippen molar-refractivity contribution in [3.05, 3.63) is 72.1 Å². The molecule has 2 aromatic carbocycles. The fourth-order valence-electron chi connectivity index (χ4n) is 2.36. The Morgan fingerprint density at radius 3 is 2.67 bits per heavy atom. The van der Waals surface area contributed by atoms with Crippen LogP contribution >= 0.6 is 0 Å². The molecule has 0 bridgehead atoms. The van der Waals surface area contributed by atoms with E-state index in [-0.39, 0.29) is 5.91 Å². The van der Waals surface area contributed by atoms with E-state index in [1.54, 1.807) is 7.11 Å². The van der Waals surface area contributed by atoms with Crippen LogP contribution in [0.4, 0.5) is 0 Å². The Morgan fingerprint density at radius 1 is 1.12 bits per heavy atom. The second-order valence-electron chi connectivity index (χ2n) is 5.17. The van der Waals surface area contributed by atoms with Gasteiger partial charge in [0.05, 0.1) is 19.0 Å². The molecular formula is C18H18N4O2. The number of hydrogen-bond acceptors (Lipinski definition) is 4. The van der Waals surface area contributed by atoms with E-state index in [9.17, 15) is 4.79 Å². The van der Waals surface area contributed by atoms with Crippen LogP contribution in [-0.2, 0) is 6.42 Å². The molecule has 0 atom stereocenters. The predicted molar refractivity (Wildman–Crippen MR) is 90.4 cm³/mol. The van der Waals surface area contributed by atoms with Gasteiger partial charge in [-0.15, -0.1) is 5.10 Å². The lowest BCUT2D eigenvalue weighted by molar-refractivity contribution is 0.0948. The Hall–Kier alpha value is -3.15. The maximum absolute atomic E-state index is 12.2. The average Bonchev–Trinajstić information content (AvgIpc) is 3.13. The van der Waals surface area contributed by atoms with Crippen molar-refractivity contribution >= 4 is 5.91 Å². The normalized spacial score (nSPS) is 10.4. The lowest BCUT2D eigenvalue weighted by atomic mass is 10.1. The molecule has 1 amide bonds. The van der Waals surface area contributed by atoms with E-state index in [0.29, 0.717) is 18.7 Å². The minimum atomic E-state index is -0.243. The first-order chi connectivity index (χ1) is 11.8. The van der Waals surface area contributed by atoms with E-state index in [4.69, 9.17) is 4.74 Å². The third-order valence-electron chi connectivity index (χ3n) is 3.58. The number of ether oxygens (including phenoxy) is 1.